The van der Waals surface area contributed by atoms with Crippen molar-refractivity contribution in [1.29, 1.82) is 0 Å². The van der Waals surface area contributed by atoms with Crippen molar-refractivity contribution in [2.24, 2.45) is 0 Å². The highest BCUT2D eigenvalue weighted by molar-refractivity contribution is 7.13. The third-order valence-corrected chi connectivity index (χ3v) is 3.55. The summed E-state index contributed by atoms with van der Waals surface area (Å²) in [6, 6.07) is 8.27. The van der Waals surface area contributed by atoms with E-state index in [-0.39, 0.29) is 0 Å². The first-order chi connectivity index (χ1) is 8.08. The zero-order valence-electron chi connectivity index (χ0n) is 10.2. The molecule has 1 unspecified atom stereocenters. The van der Waals surface area contributed by atoms with Crippen LogP contribution in [-0.2, 0) is 0 Å². The molecule has 1 atom stereocenters. The van der Waals surface area contributed by atoms with Crippen LogP contribution in [0.4, 0.5) is 10.8 Å². The number of aliphatic hydroxyl groups is 1. The van der Waals surface area contributed by atoms with Gasteiger partial charge < -0.3 is 10.0 Å². The molecule has 1 aromatic carbocycles. The van der Waals surface area contributed by atoms with Crippen molar-refractivity contribution in [3.8, 4) is 0 Å². The molecule has 0 aliphatic carbocycles. The molecular weight excluding hydrogens is 232 g/mol. The highest BCUT2D eigenvalue weighted by Gasteiger charge is 2.11. The molecule has 0 aliphatic rings. The van der Waals surface area contributed by atoms with E-state index in [1.54, 1.807) is 18.3 Å². The van der Waals surface area contributed by atoms with Gasteiger partial charge in [0.15, 0.2) is 5.13 Å². The van der Waals surface area contributed by atoms with E-state index in [2.05, 4.69) is 30.1 Å². The molecule has 1 heterocycles. The molecular formula is C13H16N2OS. The first kappa shape index (κ1) is 12.1. The van der Waals surface area contributed by atoms with Gasteiger partial charge in [0.2, 0.25) is 0 Å². The molecule has 0 fully saturated rings. The number of aromatic nitrogens is 1. The number of benzene rings is 1. The summed E-state index contributed by atoms with van der Waals surface area (Å²) in [7, 11) is 1.99. The average Bonchev–Trinajstić information content (AvgIpc) is 2.77. The molecule has 17 heavy (non-hydrogen) atoms. The lowest BCUT2D eigenvalue weighted by Crippen LogP contribution is -2.09. The second kappa shape index (κ2) is 4.85. The minimum atomic E-state index is -0.508. The van der Waals surface area contributed by atoms with Crippen LogP contribution >= 0.6 is 11.3 Å². The molecule has 3 nitrogen and oxygen atoms in total. The van der Waals surface area contributed by atoms with Gasteiger partial charge in [0.1, 0.15) is 0 Å². The van der Waals surface area contributed by atoms with Crippen molar-refractivity contribution in [2.45, 2.75) is 20.0 Å². The van der Waals surface area contributed by atoms with E-state index < -0.39 is 6.10 Å². The third-order valence-electron chi connectivity index (χ3n) is 2.61. The van der Waals surface area contributed by atoms with Crippen molar-refractivity contribution < 1.29 is 5.11 Å². The van der Waals surface area contributed by atoms with Crippen molar-refractivity contribution >= 4 is 22.2 Å². The van der Waals surface area contributed by atoms with Crippen LogP contribution in [0.5, 0.6) is 0 Å². The number of rotatable bonds is 3. The predicted molar refractivity (Wildman–Crippen MR) is 72.0 cm³/mol. The molecule has 2 rings (SSSR count). The Balaban J connectivity index is 2.27. The smallest absolute Gasteiger partial charge is 0.189 e. The van der Waals surface area contributed by atoms with Gasteiger partial charge in [0.25, 0.3) is 0 Å². The van der Waals surface area contributed by atoms with E-state index in [1.807, 2.05) is 23.4 Å². The monoisotopic (exact) mass is 248 g/mol. The van der Waals surface area contributed by atoms with E-state index in [1.165, 1.54) is 5.56 Å². The molecule has 1 aromatic heterocycles. The van der Waals surface area contributed by atoms with Crippen molar-refractivity contribution in [3.05, 3.63) is 40.9 Å². The van der Waals surface area contributed by atoms with Crippen LogP contribution < -0.4 is 4.90 Å². The summed E-state index contributed by atoms with van der Waals surface area (Å²) in [5, 5.41) is 12.2. The van der Waals surface area contributed by atoms with Gasteiger partial charge in [-0.1, -0.05) is 12.1 Å². The summed E-state index contributed by atoms with van der Waals surface area (Å²) in [6.45, 7) is 3.80. The van der Waals surface area contributed by atoms with Crippen LogP contribution in [0.1, 0.15) is 24.3 Å². The second-order valence-corrected chi connectivity index (χ2v) is 4.97. The Hall–Kier alpha value is -1.39. The summed E-state index contributed by atoms with van der Waals surface area (Å²) in [4.78, 5) is 6.44. The minimum Gasteiger partial charge on any atom is -0.387 e. The summed E-state index contributed by atoms with van der Waals surface area (Å²) < 4.78 is 0. The van der Waals surface area contributed by atoms with Crippen LogP contribution in [0.25, 0.3) is 0 Å². The zero-order valence-corrected chi connectivity index (χ0v) is 11.0. The fourth-order valence-corrected chi connectivity index (χ4v) is 2.47. The van der Waals surface area contributed by atoms with Crippen LogP contribution in [0.2, 0.25) is 0 Å². The highest BCUT2D eigenvalue weighted by atomic mass is 32.1. The maximum atomic E-state index is 9.46. The molecule has 0 saturated carbocycles. The number of thiazole rings is 1. The number of hydrogen-bond acceptors (Lipinski definition) is 4. The molecule has 0 amide bonds. The largest absolute Gasteiger partial charge is 0.387 e. The zero-order chi connectivity index (χ0) is 12.4. The number of hydrogen-bond donors (Lipinski definition) is 1. The van der Waals surface area contributed by atoms with E-state index in [4.69, 9.17) is 0 Å². The van der Waals surface area contributed by atoms with Gasteiger partial charge in [-0.25, -0.2) is 4.98 Å². The van der Waals surface area contributed by atoms with Crippen LogP contribution in [-0.4, -0.2) is 17.1 Å². The van der Waals surface area contributed by atoms with Crippen molar-refractivity contribution in [3.63, 3.8) is 0 Å². The van der Waals surface area contributed by atoms with Gasteiger partial charge in [0, 0.05) is 18.1 Å². The Morgan fingerprint density at radius 2 is 2.18 bits per heavy atom. The molecule has 0 saturated heterocycles. The molecule has 90 valence electrons. The molecule has 0 aliphatic heterocycles. The molecule has 0 radical (unpaired) electrons. The Bertz CT molecular complexity index is 508. The summed E-state index contributed by atoms with van der Waals surface area (Å²) in [5.74, 6) is 0. The van der Waals surface area contributed by atoms with Crippen molar-refractivity contribution in [2.75, 3.05) is 11.9 Å². The Labute approximate surface area is 105 Å². The first-order valence-electron chi connectivity index (χ1n) is 5.52. The SMILES string of the molecule is Cc1cccc(N(C)c2nc(C(C)O)cs2)c1. The topological polar surface area (TPSA) is 36.4 Å². The predicted octanol–water partition coefficient (Wildman–Crippen LogP) is 3.27. The van der Waals surface area contributed by atoms with Crippen LogP contribution in [0, 0.1) is 6.92 Å². The maximum absolute atomic E-state index is 9.46. The van der Waals surface area contributed by atoms with Gasteiger partial charge in [-0.05, 0) is 31.5 Å². The fourth-order valence-electron chi connectivity index (χ4n) is 1.57. The molecule has 2 aromatic rings. The van der Waals surface area contributed by atoms with Gasteiger partial charge in [-0.15, -0.1) is 11.3 Å². The summed E-state index contributed by atoms with van der Waals surface area (Å²) >= 11 is 1.54. The van der Waals surface area contributed by atoms with E-state index >= 15 is 0 Å². The first-order valence-corrected chi connectivity index (χ1v) is 6.40. The van der Waals surface area contributed by atoms with Gasteiger partial charge >= 0.3 is 0 Å². The summed E-state index contributed by atoms with van der Waals surface area (Å²) in [6.07, 6.45) is -0.508. The summed E-state index contributed by atoms with van der Waals surface area (Å²) in [5.41, 5.74) is 3.06. The van der Waals surface area contributed by atoms with Crippen LogP contribution in [0.15, 0.2) is 29.6 Å². The number of nitrogens with zero attached hydrogens (tertiary/aromatic N) is 2. The maximum Gasteiger partial charge on any atom is 0.189 e. The molecule has 0 bridgehead atoms. The van der Waals surface area contributed by atoms with Gasteiger partial charge in [0.05, 0.1) is 11.8 Å². The van der Waals surface area contributed by atoms with E-state index in [9.17, 15) is 5.11 Å². The number of anilines is 2. The van der Waals surface area contributed by atoms with E-state index in [0.717, 1.165) is 16.5 Å². The van der Waals surface area contributed by atoms with Crippen LogP contribution in [0.3, 0.4) is 0 Å². The Morgan fingerprint density at radius 1 is 1.41 bits per heavy atom. The molecule has 0 spiro atoms. The highest BCUT2D eigenvalue weighted by Crippen LogP contribution is 2.28. The lowest BCUT2D eigenvalue weighted by atomic mass is 10.2. The van der Waals surface area contributed by atoms with Gasteiger partial charge in [-0.3, -0.25) is 0 Å². The third kappa shape index (κ3) is 2.65. The average molecular weight is 248 g/mol. The number of aryl methyl sites for hydroxylation is 1. The minimum absolute atomic E-state index is 0.508. The van der Waals surface area contributed by atoms with E-state index in [0.29, 0.717) is 0 Å². The molecule has 1 N–H and O–H groups in total. The standard InChI is InChI=1S/C13H16N2OS/c1-9-5-4-6-11(7-9)15(3)13-14-12(8-17-13)10(2)16/h4-8,10,16H,1-3H3. The fraction of sp³-hybridized carbons (Fsp3) is 0.308. The second-order valence-electron chi connectivity index (χ2n) is 4.13. The van der Waals surface area contributed by atoms with Crippen molar-refractivity contribution in [1.82, 2.24) is 4.98 Å². The Kier molecular flexibility index (Phi) is 3.45. The normalized spacial score (nSPS) is 12.5. The number of aliphatic hydroxyl groups excluding tert-OH is 1. The lowest BCUT2D eigenvalue weighted by Gasteiger charge is -2.16. The molecule has 4 heteroatoms. The quantitative estimate of drug-likeness (QED) is 0.905. The lowest BCUT2D eigenvalue weighted by molar-refractivity contribution is 0.195. The Morgan fingerprint density at radius 3 is 2.76 bits per heavy atom. The van der Waals surface area contributed by atoms with Gasteiger partial charge in [-0.2, -0.15) is 0 Å².